The summed E-state index contributed by atoms with van der Waals surface area (Å²) in [4.78, 5) is 23.3. The van der Waals surface area contributed by atoms with Gasteiger partial charge in [-0.3, -0.25) is 9.59 Å². The normalized spacial score (nSPS) is 33.7. The van der Waals surface area contributed by atoms with Crippen LogP contribution in [0.15, 0.2) is 24.3 Å². The second-order valence-corrected chi connectivity index (χ2v) is 9.08. The molecule has 0 aliphatic carbocycles. The van der Waals surface area contributed by atoms with Gasteiger partial charge in [-0.15, -0.1) is 0 Å². The van der Waals surface area contributed by atoms with E-state index in [9.17, 15) is 9.59 Å². The van der Waals surface area contributed by atoms with Crippen molar-refractivity contribution in [1.29, 1.82) is 0 Å². The van der Waals surface area contributed by atoms with Crippen LogP contribution in [-0.2, 0) is 19.1 Å². The number of aliphatic carboxylic acids is 1. The van der Waals surface area contributed by atoms with Crippen molar-refractivity contribution in [1.82, 2.24) is 0 Å². The zero-order valence-corrected chi connectivity index (χ0v) is 17.3. The van der Waals surface area contributed by atoms with Gasteiger partial charge in [-0.25, -0.2) is 0 Å². The van der Waals surface area contributed by atoms with Crippen molar-refractivity contribution in [2.75, 3.05) is 0 Å². The molecule has 3 rings (SSSR count). The third-order valence-electron chi connectivity index (χ3n) is 6.45. The van der Waals surface area contributed by atoms with Gasteiger partial charge in [0.25, 0.3) is 0 Å². The Balaban J connectivity index is 1.56. The van der Waals surface area contributed by atoms with Crippen LogP contribution in [0.5, 0.6) is 0 Å². The van der Waals surface area contributed by atoms with Crippen LogP contribution in [0.25, 0.3) is 0 Å². The number of fused-ring (bicyclic) bond motifs is 5. The molecule has 0 spiro atoms. The van der Waals surface area contributed by atoms with E-state index in [1.54, 1.807) is 6.08 Å². The third-order valence-corrected chi connectivity index (χ3v) is 6.45. The van der Waals surface area contributed by atoms with E-state index in [0.29, 0.717) is 12.3 Å². The number of hydrogen-bond donors (Lipinski definition) is 1. The smallest absolute Gasteiger partial charge is 0.303 e. The van der Waals surface area contributed by atoms with Crippen molar-refractivity contribution in [3.8, 4) is 0 Å². The van der Waals surface area contributed by atoms with Crippen molar-refractivity contribution in [2.45, 2.75) is 90.1 Å². The minimum absolute atomic E-state index is 0.0724. The maximum atomic E-state index is 12.7. The first-order chi connectivity index (χ1) is 13.3. The average Bonchev–Trinajstić information content (AvgIpc) is 3.28. The molecule has 0 aromatic rings. The van der Waals surface area contributed by atoms with Crippen LogP contribution in [0.2, 0.25) is 0 Å². The number of unbranched alkanes of at least 4 members (excludes halogenated alkanes) is 2. The average molecular weight is 391 g/mol. The van der Waals surface area contributed by atoms with Gasteiger partial charge in [0.2, 0.25) is 0 Å². The molecule has 156 valence electrons. The molecule has 0 amide bonds. The van der Waals surface area contributed by atoms with Gasteiger partial charge < -0.3 is 14.6 Å². The molecule has 1 N–H and O–H groups in total. The SMILES string of the molecule is CCCCC(C)(C)C(=O)/C=C/[C@@H]1[C@H](C/C=C\CCCC(=O)O)[C@H]2O[C@@H]1[C@H]1O[C@H]12. The molecular weight excluding hydrogens is 356 g/mol. The summed E-state index contributed by atoms with van der Waals surface area (Å²) in [5.74, 6) is -0.0147. The van der Waals surface area contributed by atoms with E-state index in [2.05, 4.69) is 25.2 Å². The molecule has 3 aliphatic rings. The monoisotopic (exact) mass is 390 g/mol. The number of epoxide rings is 1. The summed E-state index contributed by atoms with van der Waals surface area (Å²) in [6, 6.07) is 0. The Hall–Kier alpha value is -1.46. The van der Waals surface area contributed by atoms with Crippen molar-refractivity contribution >= 4 is 11.8 Å². The molecule has 3 aliphatic heterocycles. The summed E-state index contributed by atoms with van der Waals surface area (Å²) in [5, 5.41) is 8.70. The van der Waals surface area contributed by atoms with Crippen LogP contribution in [0.3, 0.4) is 0 Å². The quantitative estimate of drug-likeness (QED) is 0.233. The first kappa shape index (κ1) is 21.3. The number of carbonyl (C=O) groups is 2. The van der Waals surface area contributed by atoms with Crippen LogP contribution < -0.4 is 0 Å². The summed E-state index contributed by atoms with van der Waals surface area (Å²) in [5.41, 5.74) is -0.316. The third kappa shape index (κ3) is 4.74. The topological polar surface area (TPSA) is 76.1 Å². The molecule has 3 saturated heterocycles. The second kappa shape index (κ2) is 8.91. The minimum Gasteiger partial charge on any atom is -0.481 e. The molecule has 5 nitrogen and oxygen atoms in total. The Bertz CT molecular complexity index is 635. The number of carbonyl (C=O) groups excluding carboxylic acids is 1. The predicted molar refractivity (Wildman–Crippen MR) is 107 cm³/mol. The summed E-state index contributed by atoms with van der Waals surface area (Å²) < 4.78 is 11.9. The predicted octanol–water partition coefficient (Wildman–Crippen LogP) is 4.31. The highest BCUT2D eigenvalue weighted by molar-refractivity contribution is 5.94. The lowest BCUT2D eigenvalue weighted by atomic mass is 9.76. The van der Waals surface area contributed by atoms with E-state index in [-0.39, 0.29) is 48.0 Å². The highest BCUT2D eigenvalue weighted by Gasteiger charge is 2.68. The van der Waals surface area contributed by atoms with Gasteiger partial charge in [0.1, 0.15) is 12.2 Å². The lowest BCUT2D eigenvalue weighted by molar-refractivity contribution is -0.137. The molecule has 5 heteroatoms. The second-order valence-electron chi connectivity index (χ2n) is 9.08. The van der Waals surface area contributed by atoms with Crippen LogP contribution in [0.1, 0.15) is 65.7 Å². The van der Waals surface area contributed by atoms with Gasteiger partial charge in [0.05, 0.1) is 12.2 Å². The summed E-state index contributed by atoms with van der Waals surface area (Å²) >= 11 is 0. The molecule has 0 saturated carbocycles. The number of rotatable bonds is 12. The standard InChI is InChI=1S/C23H34O5/c1-4-5-14-23(2,3)17(24)13-12-16-15(10-8-6-7-9-11-18(25)26)19-21-22(28-21)20(16)27-19/h6,8,12-13,15-16,19-22H,4-5,7,9-11,14H2,1-3H3,(H,25,26)/b8-6-,13-12+/t15-,16+,19+,20-,21-,22+/m0/s1. The Kier molecular flexibility index (Phi) is 6.77. The molecule has 0 aromatic carbocycles. The fourth-order valence-corrected chi connectivity index (χ4v) is 4.57. The maximum Gasteiger partial charge on any atom is 0.303 e. The molecule has 6 atom stereocenters. The Morgan fingerprint density at radius 3 is 2.46 bits per heavy atom. The van der Waals surface area contributed by atoms with Crippen molar-refractivity contribution in [2.24, 2.45) is 17.3 Å². The minimum atomic E-state index is -0.747. The van der Waals surface area contributed by atoms with Crippen LogP contribution in [-0.4, -0.2) is 41.3 Å². The van der Waals surface area contributed by atoms with E-state index in [1.807, 2.05) is 13.8 Å². The summed E-state index contributed by atoms with van der Waals surface area (Å²) in [6.07, 6.45) is 14.3. The van der Waals surface area contributed by atoms with Gasteiger partial charge in [-0.1, -0.05) is 51.8 Å². The number of ketones is 1. The molecule has 0 radical (unpaired) electrons. The van der Waals surface area contributed by atoms with Crippen molar-refractivity contribution in [3.63, 3.8) is 0 Å². The van der Waals surface area contributed by atoms with Gasteiger partial charge in [-0.05, 0) is 31.8 Å². The number of carboxylic acids is 1. The Labute approximate surface area is 168 Å². The van der Waals surface area contributed by atoms with Crippen molar-refractivity contribution in [3.05, 3.63) is 24.3 Å². The highest BCUT2D eigenvalue weighted by atomic mass is 16.7. The van der Waals surface area contributed by atoms with E-state index in [4.69, 9.17) is 14.6 Å². The van der Waals surface area contributed by atoms with Gasteiger partial charge >= 0.3 is 5.97 Å². The maximum absolute atomic E-state index is 12.7. The van der Waals surface area contributed by atoms with Crippen LogP contribution in [0, 0.1) is 17.3 Å². The summed E-state index contributed by atoms with van der Waals surface area (Å²) in [7, 11) is 0. The first-order valence-electron chi connectivity index (χ1n) is 10.8. The van der Waals surface area contributed by atoms with E-state index < -0.39 is 5.97 Å². The molecule has 0 unspecified atom stereocenters. The molecular formula is C23H34O5. The van der Waals surface area contributed by atoms with Gasteiger partial charge in [0, 0.05) is 23.7 Å². The fourth-order valence-electron chi connectivity index (χ4n) is 4.57. The molecule has 0 aromatic heterocycles. The molecule has 28 heavy (non-hydrogen) atoms. The lowest BCUT2D eigenvalue weighted by Crippen LogP contribution is -2.32. The zero-order valence-electron chi connectivity index (χ0n) is 17.3. The number of ether oxygens (including phenoxy) is 2. The number of carboxylic acid groups (broad SMARTS) is 1. The zero-order chi connectivity index (χ0) is 20.3. The van der Waals surface area contributed by atoms with Gasteiger partial charge in [0.15, 0.2) is 5.78 Å². The number of hydrogen-bond acceptors (Lipinski definition) is 4. The van der Waals surface area contributed by atoms with Crippen molar-refractivity contribution < 1.29 is 24.2 Å². The van der Waals surface area contributed by atoms with Gasteiger partial charge in [-0.2, -0.15) is 0 Å². The Morgan fingerprint density at radius 1 is 1.04 bits per heavy atom. The number of allylic oxidation sites excluding steroid dienone is 3. The highest BCUT2D eigenvalue weighted by Crippen LogP contribution is 2.55. The van der Waals surface area contributed by atoms with Crippen LogP contribution >= 0.6 is 0 Å². The van der Waals surface area contributed by atoms with Crippen LogP contribution in [0.4, 0.5) is 0 Å². The van der Waals surface area contributed by atoms with E-state index >= 15 is 0 Å². The summed E-state index contributed by atoms with van der Waals surface area (Å²) in [6.45, 7) is 6.21. The van der Waals surface area contributed by atoms with E-state index in [1.165, 1.54) is 0 Å². The molecule has 2 bridgehead atoms. The van der Waals surface area contributed by atoms with E-state index in [0.717, 1.165) is 32.1 Å². The molecule has 3 heterocycles. The Morgan fingerprint density at radius 2 is 1.75 bits per heavy atom. The lowest BCUT2D eigenvalue weighted by Gasteiger charge is -2.24. The fraction of sp³-hybridized carbons (Fsp3) is 0.739. The first-order valence-corrected chi connectivity index (χ1v) is 10.8. The largest absolute Gasteiger partial charge is 0.481 e. The molecule has 3 fully saturated rings.